The first kappa shape index (κ1) is 25.2. The van der Waals surface area contributed by atoms with Crippen LogP contribution in [-0.2, 0) is 9.53 Å². The van der Waals surface area contributed by atoms with Crippen LogP contribution in [-0.4, -0.2) is 42.2 Å². The van der Waals surface area contributed by atoms with Crippen LogP contribution in [0.4, 0.5) is 0 Å². The highest BCUT2D eigenvalue weighted by atomic mass is 127. The normalized spacial score (nSPS) is 12.4. The number of carbonyl (C=O) groups is 1. The fourth-order valence-corrected chi connectivity index (χ4v) is 4.21. The number of esters is 1. The van der Waals surface area contributed by atoms with Gasteiger partial charge in [0, 0.05) is 10.4 Å². The molecule has 0 radical (unpaired) electrons. The SMILES string of the molecule is COC(=O)[C@H](C)Oc1c(I)cc(C=Nn2c(C(C)C)nc3ccc(Br)cc3c2=O)cc1OC. The first-order valence-corrected chi connectivity index (χ1v) is 11.9. The second-order valence-corrected chi connectivity index (χ2v) is 9.54. The van der Waals surface area contributed by atoms with Gasteiger partial charge >= 0.3 is 5.97 Å². The van der Waals surface area contributed by atoms with E-state index in [1.807, 2.05) is 32.0 Å². The first-order valence-electron chi connectivity index (χ1n) is 10.0. The number of methoxy groups -OCH3 is 2. The lowest BCUT2D eigenvalue weighted by atomic mass is 10.2. The van der Waals surface area contributed by atoms with Crippen molar-refractivity contribution >= 4 is 61.6 Å². The summed E-state index contributed by atoms with van der Waals surface area (Å²) in [5.41, 5.74) is 1.05. The van der Waals surface area contributed by atoms with E-state index in [4.69, 9.17) is 14.2 Å². The smallest absolute Gasteiger partial charge is 0.346 e. The van der Waals surface area contributed by atoms with Gasteiger partial charge in [0.15, 0.2) is 17.6 Å². The summed E-state index contributed by atoms with van der Waals surface area (Å²) in [6, 6.07) is 8.93. The van der Waals surface area contributed by atoms with E-state index in [0.717, 1.165) is 4.47 Å². The molecule has 3 aromatic rings. The average Bonchev–Trinajstić information content (AvgIpc) is 2.79. The van der Waals surface area contributed by atoms with Gasteiger partial charge in [-0.25, -0.2) is 9.78 Å². The van der Waals surface area contributed by atoms with Gasteiger partial charge in [-0.1, -0.05) is 29.8 Å². The summed E-state index contributed by atoms with van der Waals surface area (Å²) in [5.74, 6) is 0.892. The molecular formula is C23H23BrIN3O5. The van der Waals surface area contributed by atoms with Crippen molar-refractivity contribution in [3.63, 3.8) is 0 Å². The molecule has 0 aliphatic rings. The second-order valence-electron chi connectivity index (χ2n) is 7.47. The molecule has 0 N–H and O–H groups in total. The molecule has 0 unspecified atom stereocenters. The minimum atomic E-state index is -0.799. The molecule has 33 heavy (non-hydrogen) atoms. The molecule has 0 aliphatic carbocycles. The highest BCUT2D eigenvalue weighted by molar-refractivity contribution is 14.1. The summed E-state index contributed by atoms with van der Waals surface area (Å²) < 4.78 is 18.7. The fourth-order valence-electron chi connectivity index (χ4n) is 3.10. The van der Waals surface area contributed by atoms with Crippen LogP contribution < -0.4 is 15.0 Å². The van der Waals surface area contributed by atoms with Crippen LogP contribution in [0.1, 0.15) is 38.1 Å². The minimum Gasteiger partial charge on any atom is -0.493 e. The summed E-state index contributed by atoms with van der Waals surface area (Å²) >= 11 is 5.50. The highest BCUT2D eigenvalue weighted by Gasteiger charge is 2.20. The second kappa shape index (κ2) is 10.6. The van der Waals surface area contributed by atoms with Gasteiger partial charge in [-0.2, -0.15) is 9.78 Å². The minimum absolute atomic E-state index is 0.0202. The number of carbonyl (C=O) groups excluding carboxylic acids is 1. The quantitative estimate of drug-likeness (QED) is 0.214. The Hall–Kier alpha value is -2.47. The summed E-state index contributed by atoms with van der Waals surface area (Å²) in [6.45, 7) is 5.51. The van der Waals surface area contributed by atoms with Gasteiger partial charge < -0.3 is 14.2 Å². The Kier molecular flexibility index (Phi) is 8.11. The first-order chi connectivity index (χ1) is 15.7. The van der Waals surface area contributed by atoms with Crippen LogP contribution in [0, 0.1) is 3.57 Å². The number of nitrogens with zero attached hydrogens (tertiary/aromatic N) is 3. The van der Waals surface area contributed by atoms with E-state index in [-0.39, 0.29) is 11.5 Å². The topological polar surface area (TPSA) is 92.0 Å². The van der Waals surface area contributed by atoms with Gasteiger partial charge in [0.1, 0.15) is 5.82 Å². The van der Waals surface area contributed by atoms with Crippen LogP contribution in [0.25, 0.3) is 10.9 Å². The van der Waals surface area contributed by atoms with E-state index < -0.39 is 12.1 Å². The number of benzene rings is 2. The maximum atomic E-state index is 13.2. The molecule has 8 nitrogen and oxygen atoms in total. The van der Waals surface area contributed by atoms with Crippen LogP contribution in [0.2, 0.25) is 0 Å². The van der Waals surface area contributed by atoms with Crippen LogP contribution in [0.3, 0.4) is 0 Å². The Morgan fingerprint density at radius 3 is 2.58 bits per heavy atom. The van der Waals surface area contributed by atoms with E-state index in [9.17, 15) is 9.59 Å². The van der Waals surface area contributed by atoms with Crippen molar-refractivity contribution in [1.82, 2.24) is 9.66 Å². The largest absolute Gasteiger partial charge is 0.493 e. The van der Waals surface area contributed by atoms with Crippen molar-refractivity contribution in [2.24, 2.45) is 5.10 Å². The predicted octanol–water partition coefficient (Wildman–Crippen LogP) is 4.72. The van der Waals surface area contributed by atoms with Crippen LogP contribution in [0.5, 0.6) is 11.5 Å². The number of hydrogen-bond donors (Lipinski definition) is 0. The lowest BCUT2D eigenvalue weighted by Crippen LogP contribution is -2.25. The molecular weight excluding hydrogens is 605 g/mol. The fraction of sp³-hybridized carbons (Fsp3) is 0.304. The maximum Gasteiger partial charge on any atom is 0.346 e. The van der Waals surface area contributed by atoms with Gasteiger partial charge in [-0.3, -0.25) is 4.79 Å². The standard InChI is InChI=1S/C23H23BrIN3O5/c1-12(2)21-27-18-7-6-15(24)10-16(18)22(29)28(21)26-11-14-8-17(25)20(19(9-14)31-4)33-13(3)23(30)32-5/h6-13H,1-5H3/t13-/m0/s1. The van der Waals surface area contributed by atoms with Crippen molar-refractivity contribution in [2.45, 2.75) is 32.8 Å². The van der Waals surface area contributed by atoms with E-state index in [1.54, 1.807) is 25.3 Å². The molecule has 0 fully saturated rings. The number of halogens is 2. The number of rotatable bonds is 7. The number of fused-ring (bicyclic) bond motifs is 1. The Morgan fingerprint density at radius 2 is 1.94 bits per heavy atom. The van der Waals surface area contributed by atoms with Gasteiger partial charge in [0.2, 0.25) is 0 Å². The lowest BCUT2D eigenvalue weighted by molar-refractivity contribution is -0.147. The molecule has 1 aromatic heterocycles. The summed E-state index contributed by atoms with van der Waals surface area (Å²) in [6.07, 6.45) is 0.767. The molecule has 10 heteroatoms. The summed E-state index contributed by atoms with van der Waals surface area (Å²) in [7, 11) is 2.81. The third kappa shape index (κ3) is 5.55. The van der Waals surface area contributed by atoms with Crippen molar-refractivity contribution in [3.05, 3.63) is 60.1 Å². The number of hydrogen-bond acceptors (Lipinski definition) is 7. The van der Waals surface area contributed by atoms with Gasteiger partial charge in [0.25, 0.3) is 5.56 Å². The Balaban J connectivity index is 2.05. The predicted molar refractivity (Wildman–Crippen MR) is 139 cm³/mol. The zero-order chi connectivity index (χ0) is 24.3. The third-order valence-corrected chi connectivity index (χ3v) is 6.05. The van der Waals surface area contributed by atoms with E-state index in [1.165, 1.54) is 18.9 Å². The zero-order valence-corrected chi connectivity index (χ0v) is 22.5. The number of ether oxygens (including phenoxy) is 3. The average molecular weight is 628 g/mol. The third-order valence-electron chi connectivity index (χ3n) is 4.75. The molecule has 0 saturated carbocycles. The molecule has 0 amide bonds. The zero-order valence-electron chi connectivity index (χ0n) is 18.8. The lowest BCUT2D eigenvalue weighted by Gasteiger charge is -2.17. The van der Waals surface area contributed by atoms with Gasteiger partial charge in [-0.15, -0.1) is 0 Å². The number of aromatic nitrogens is 2. The van der Waals surface area contributed by atoms with Crippen LogP contribution >= 0.6 is 38.5 Å². The van der Waals surface area contributed by atoms with Crippen molar-refractivity contribution in [1.29, 1.82) is 0 Å². The summed E-state index contributed by atoms with van der Waals surface area (Å²) in [4.78, 5) is 29.6. The van der Waals surface area contributed by atoms with E-state index >= 15 is 0 Å². The monoisotopic (exact) mass is 627 g/mol. The van der Waals surface area contributed by atoms with Gasteiger partial charge in [-0.05, 0) is 65.4 Å². The molecule has 1 heterocycles. The Bertz CT molecular complexity index is 1290. The van der Waals surface area contributed by atoms with Crippen molar-refractivity contribution in [2.75, 3.05) is 14.2 Å². The summed E-state index contributed by atoms with van der Waals surface area (Å²) in [5, 5.41) is 4.92. The molecule has 3 rings (SSSR count). The Labute approximate surface area is 213 Å². The van der Waals surface area contributed by atoms with Gasteiger partial charge in [0.05, 0.1) is 34.9 Å². The van der Waals surface area contributed by atoms with E-state index in [0.29, 0.717) is 37.4 Å². The Morgan fingerprint density at radius 1 is 1.21 bits per heavy atom. The van der Waals surface area contributed by atoms with Crippen molar-refractivity contribution < 1.29 is 19.0 Å². The molecule has 0 saturated heterocycles. The molecule has 2 aromatic carbocycles. The maximum absolute atomic E-state index is 13.2. The molecule has 0 spiro atoms. The molecule has 174 valence electrons. The molecule has 1 atom stereocenters. The highest BCUT2D eigenvalue weighted by Crippen LogP contribution is 2.34. The molecule has 0 aliphatic heterocycles. The van der Waals surface area contributed by atoms with Crippen LogP contribution in [0.15, 0.2) is 44.7 Å². The van der Waals surface area contributed by atoms with Crippen molar-refractivity contribution in [3.8, 4) is 11.5 Å². The van der Waals surface area contributed by atoms with E-state index in [2.05, 4.69) is 48.6 Å². The molecule has 0 bridgehead atoms.